The number of hydrogen-bond acceptors (Lipinski definition) is 5. The van der Waals surface area contributed by atoms with E-state index in [0.717, 1.165) is 22.0 Å². The van der Waals surface area contributed by atoms with Gasteiger partial charge >= 0.3 is 5.97 Å². The van der Waals surface area contributed by atoms with E-state index >= 15 is 0 Å². The van der Waals surface area contributed by atoms with Gasteiger partial charge in [0.1, 0.15) is 17.5 Å². The molecular weight excluding hydrogens is 380 g/mol. The zero-order valence-electron chi connectivity index (χ0n) is 15.5. The minimum atomic E-state index is -0.636. The van der Waals surface area contributed by atoms with Gasteiger partial charge in [-0.15, -0.1) is 0 Å². The number of carbonyl (C=O) groups is 2. The molecule has 1 heterocycles. The van der Waals surface area contributed by atoms with Crippen LogP contribution >= 0.6 is 11.6 Å². The molecule has 1 amide bonds. The molecule has 0 atom stereocenters. The van der Waals surface area contributed by atoms with Crippen molar-refractivity contribution in [1.82, 2.24) is 4.98 Å². The fourth-order valence-corrected chi connectivity index (χ4v) is 2.93. The van der Waals surface area contributed by atoms with Crippen LogP contribution in [-0.4, -0.2) is 23.5 Å². The Morgan fingerprint density at radius 1 is 1.14 bits per heavy atom. The number of para-hydroxylation sites is 1. The summed E-state index contributed by atoms with van der Waals surface area (Å²) in [5.41, 5.74) is 9.09. The van der Waals surface area contributed by atoms with Crippen molar-refractivity contribution >= 4 is 34.4 Å². The minimum Gasteiger partial charge on any atom is -0.481 e. The molecule has 144 valence electrons. The number of hydrogen-bond donors (Lipinski definition) is 1. The van der Waals surface area contributed by atoms with Gasteiger partial charge in [0.25, 0.3) is 5.91 Å². The van der Waals surface area contributed by atoms with Gasteiger partial charge in [-0.2, -0.15) is 0 Å². The monoisotopic (exact) mass is 398 g/mol. The summed E-state index contributed by atoms with van der Waals surface area (Å²) >= 11 is 6.25. The number of aromatic nitrogens is 1. The second-order valence-corrected chi connectivity index (χ2v) is 6.69. The van der Waals surface area contributed by atoms with E-state index in [-0.39, 0.29) is 29.7 Å². The smallest absolute Gasteiger partial charge is 0.344 e. The molecule has 3 aromatic rings. The van der Waals surface area contributed by atoms with E-state index in [1.54, 1.807) is 18.2 Å². The molecule has 0 saturated heterocycles. The Morgan fingerprint density at radius 2 is 1.89 bits per heavy atom. The van der Waals surface area contributed by atoms with Gasteiger partial charge in [-0.05, 0) is 43.2 Å². The number of carbonyl (C=O) groups excluding carboxylic acids is 2. The molecule has 1 aromatic heterocycles. The summed E-state index contributed by atoms with van der Waals surface area (Å²) in [6.07, 6.45) is 0. The maximum Gasteiger partial charge on any atom is 0.344 e. The molecule has 0 bridgehead atoms. The van der Waals surface area contributed by atoms with Gasteiger partial charge in [0, 0.05) is 10.9 Å². The van der Waals surface area contributed by atoms with Crippen LogP contribution < -0.4 is 10.5 Å². The summed E-state index contributed by atoms with van der Waals surface area (Å²) in [5.74, 6) is -1.01. The lowest BCUT2D eigenvalue weighted by molar-refractivity contribution is -0.147. The van der Waals surface area contributed by atoms with Crippen LogP contribution in [0.5, 0.6) is 5.75 Å². The first-order valence-electron chi connectivity index (χ1n) is 8.59. The van der Waals surface area contributed by atoms with Crippen LogP contribution in [0.4, 0.5) is 0 Å². The zero-order chi connectivity index (χ0) is 20.3. The van der Waals surface area contributed by atoms with Crippen LogP contribution in [0.2, 0.25) is 5.15 Å². The van der Waals surface area contributed by atoms with E-state index in [0.29, 0.717) is 5.56 Å². The van der Waals surface area contributed by atoms with Crippen molar-refractivity contribution in [2.24, 2.45) is 5.73 Å². The van der Waals surface area contributed by atoms with Gasteiger partial charge in [0.15, 0.2) is 6.61 Å². The van der Waals surface area contributed by atoms with Crippen LogP contribution in [0.25, 0.3) is 10.9 Å². The lowest BCUT2D eigenvalue weighted by Gasteiger charge is -2.11. The van der Waals surface area contributed by atoms with Crippen LogP contribution in [0.1, 0.15) is 27.0 Å². The maximum absolute atomic E-state index is 12.0. The highest BCUT2D eigenvalue weighted by Gasteiger charge is 2.13. The third kappa shape index (κ3) is 4.23. The Kier molecular flexibility index (Phi) is 5.80. The van der Waals surface area contributed by atoms with Crippen LogP contribution in [0.15, 0.2) is 42.5 Å². The van der Waals surface area contributed by atoms with Crippen molar-refractivity contribution in [1.29, 1.82) is 0 Å². The van der Waals surface area contributed by atoms with E-state index in [9.17, 15) is 9.59 Å². The van der Waals surface area contributed by atoms with Crippen molar-refractivity contribution < 1.29 is 19.1 Å². The number of primary amides is 1. The van der Waals surface area contributed by atoms with Gasteiger partial charge in [-0.3, -0.25) is 4.79 Å². The molecule has 0 aliphatic carbocycles. The van der Waals surface area contributed by atoms with Gasteiger partial charge in [0.2, 0.25) is 0 Å². The van der Waals surface area contributed by atoms with Crippen LogP contribution in [0, 0.1) is 13.8 Å². The highest BCUT2D eigenvalue weighted by molar-refractivity contribution is 6.30. The third-order valence-electron chi connectivity index (χ3n) is 4.42. The molecule has 0 aliphatic rings. The molecule has 0 saturated carbocycles. The number of esters is 1. The SMILES string of the molecule is Cc1ccc2cc(COC(=O)COc3ccccc3C(N)=O)c(Cl)nc2c1C. The van der Waals surface area contributed by atoms with E-state index in [2.05, 4.69) is 4.98 Å². The first-order valence-corrected chi connectivity index (χ1v) is 8.97. The quantitative estimate of drug-likeness (QED) is 0.504. The predicted octanol–water partition coefficient (Wildman–Crippen LogP) is 3.73. The number of pyridine rings is 1. The molecule has 0 radical (unpaired) electrons. The fourth-order valence-electron chi connectivity index (χ4n) is 2.74. The summed E-state index contributed by atoms with van der Waals surface area (Å²) in [5, 5.41) is 1.21. The Morgan fingerprint density at radius 3 is 2.64 bits per heavy atom. The number of nitrogens with two attached hydrogens (primary N) is 1. The van der Waals surface area contributed by atoms with Crippen molar-refractivity contribution in [2.45, 2.75) is 20.5 Å². The Bertz CT molecular complexity index is 1070. The lowest BCUT2D eigenvalue weighted by Crippen LogP contribution is -2.18. The molecule has 7 heteroatoms. The highest BCUT2D eigenvalue weighted by Crippen LogP contribution is 2.25. The van der Waals surface area contributed by atoms with Gasteiger partial charge in [0.05, 0.1) is 11.1 Å². The van der Waals surface area contributed by atoms with Gasteiger partial charge < -0.3 is 15.2 Å². The summed E-state index contributed by atoms with van der Waals surface area (Å²) in [6.45, 7) is 3.61. The first-order chi connectivity index (χ1) is 13.4. The lowest BCUT2D eigenvalue weighted by atomic mass is 10.0. The van der Waals surface area contributed by atoms with Crippen molar-refractivity contribution in [2.75, 3.05) is 6.61 Å². The molecule has 28 heavy (non-hydrogen) atoms. The molecule has 0 spiro atoms. The van der Waals surface area contributed by atoms with Crippen LogP contribution in [-0.2, 0) is 16.1 Å². The zero-order valence-corrected chi connectivity index (χ0v) is 16.2. The molecule has 0 unspecified atom stereocenters. The average Bonchev–Trinajstić information content (AvgIpc) is 2.68. The maximum atomic E-state index is 12.0. The molecule has 6 nitrogen and oxygen atoms in total. The number of benzene rings is 2. The van der Waals surface area contributed by atoms with Crippen molar-refractivity contribution in [3.8, 4) is 5.75 Å². The van der Waals surface area contributed by atoms with Crippen LogP contribution in [0.3, 0.4) is 0 Å². The Balaban J connectivity index is 1.66. The summed E-state index contributed by atoms with van der Waals surface area (Å²) in [4.78, 5) is 27.8. The number of aryl methyl sites for hydroxylation is 2. The fraction of sp³-hybridized carbons (Fsp3) is 0.190. The second-order valence-electron chi connectivity index (χ2n) is 6.33. The molecule has 0 fully saturated rings. The summed E-state index contributed by atoms with van der Waals surface area (Å²) < 4.78 is 10.6. The van der Waals surface area contributed by atoms with E-state index < -0.39 is 11.9 Å². The molecule has 3 rings (SSSR count). The molecule has 2 N–H and O–H groups in total. The highest BCUT2D eigenvalue weighted by atomic mass is 35.5. The topological polar surface area (TPSA) is 91.5 Å². The minimum absolute atomic E-state index is 0.0334. The van der Waals surface area contributed by atoms with E-state index in [1.807, 2.05) is 32.0 Å². The van der Waals surface area contributed by atoms with E-state index in [4.69, 9.17) is 26.8 Å². The van der Waals surface area contributed by atoms with E-state index in [1.165, 1.54) is 6.07 Å². The van der Waals surface area contributed by atoms with Crippen molar-refractivity contribution in [3.05, 3.63) is 69.9 Å². The average molecular weight is 399 g/mol. The Hall–Kier alpha value is -3.12. The molecular formula is C21H19ClN2O4. The normalized spacial score (nSPS) is 10.7. The molecule has 0 aliphatic heterocycles. The largest absolute Gasteiger partial charge is 0.481 e. The van der Waals surface area contributed by atoms with Gasteiger partial charge in [-0.1, -0.05) is 35.9 Å². The summed E-state index contributed by atoms with van der Waals surface area (Å²) in [7, 11) is 0. The Labute approximate surface area is 167 Å². The van der Waals surface area contributed by atoms with Gasteiger partial charge in [-0.25, -0.2) is 9.78 Å². The number of nitrogens with zero attached hydrogens (tertiary/aromatic N) is 1. The predicted molar refractivity (Wildman–Crippen MR) is 106 cm³/mol. The number of fused-ring (bicyclic) bond motifs is 1. The summed E-state index contributed by atoms with van der Waals surface area (Å²) in [6, 6.07) is 12.2. The number of ether oxygens (including phenoxy) is 2. The first kappa shape index (κ1) is 19.6. The molecule has 2 aromatic carbocycles. The van der Waals surface area contributed by atoms with Crippen molar-refractivity contribution in [3.63, 3.8) is 0 Å². The number of amides is 1. The second kappa shape index (κ2) is 8.27. The standard InChI is InChI=1S/C21H19ClN2O4/c1-12-7-8-14-9-15(20(22)24-19(14)13(12)2)10-28-18(25)11-27-17-6-4-3-5-16(17)21(23)26/h3-9H,10-11H2,1-2H3,(H2,23,26). The number of rotatable bonds is 6. The number of halogens is 1. The third-order valence-corrected chi connectivity index (χ3v) is 4.75.